The van der Waals surface area contributed by atoms with Gasteiger partial charge in [-0.25, -0.2) is 0 Å². The first-order valence-corrected chi connectivity index (χ1v) is 4.38. The molecule has 0 atom stereocenters. The molecule has 0 aromatic heterocycles. The molecule has 11 heavy (non-hydrogen) atoms. The molecular weight excluding hydrogens is 244 g/mol. The van der Waals surface area contributed by atoms with Gasteiger partial charge in [0.15, 0.2) is 0 Å². The number of rotatable bonds is 2. The normalized spacial score (nSPS) is 11.3. The molecule has 0 saturated carbocycles. The van der Waals surface area contributed by atoms with Crippen LogP contribution in [-0.4, -0.2) is 0 Å². The van der Waals surface area contributed by atoms with Gasteiger partial charge in [0.25, 0.3) is 0 Å². The Balaban J connectivity index is -0.000000320. The largest absolute Gasteiger partial charge is 3.00 e. The van der Waals surface area contributed by atoms with E-state index in [1.165, 1.54) is 0 Å². The van der Waals surface area contributed by atoms with Crippen molar-refractivity contribution < 1.29 is 50.1 Å². The average molecular weight is 248 g/mol. The molecule has 0 aliphatic rings. The molecule has 4 N–H and O–H groups in total. The zero-order chi connectivity index (χ0) is 7.71. The molecule has 69 valence electrons. The van der Waals surface area contributed by atoms with Crippen molar-refractivity contribution in [3.63, 3.8) is 0 Å². The van der Waals surface area contributed by atoms with Gasteiger partial charge in [0.05, 0.1) is 15.6 Å². The van der Waals surface area contributed by atoms with E-state index in [1.807, 2.05) is 0 Å². The maximum Gasteiger partial charge on any atom is 3.00 e. The Morgan fingerprint density at radius 2 is 1.09 bits per heavy atom. The Kier molecular flexibility index (Phi) is 8.70. The van der Waals surface area contributed by atoms with E-state index in [1.54, 1.807) is 0 Å². The Labute approximate surface area is 72.5 Å². The van der Waals surface area contributed by atoms with Crippen LogP contribution in [0, 0.1) is 0 Å². The Morgan fingerprint density at radius 1 is 0.909 bits per heavy atom. The van der Waals surface area contributed by atoms with Crippen molar-refractivity contribution in [3.8, 4) is 0 Å². The summed E-state index contributed by atoms with van der Waals surface area (Å²) in [7, 11) is -11.4. The van der Waals surface area contributed by atoms with Crippen molar-refractivity contribution in [2.24, 2.45) is 0 Å². The summed E-state index contributed by atoms with van der Waals surface area (Å²) in [6, 6.07) is 0. The molecule has 0 aliphatic heterocycles. The van der Waals surface area contributed by atoms with E-state index in [0.29, 0.717) is 0 Å². The van der Waals surface area contributed by atoms with Gasteiger partial charge in [-0.1, -0.05) is 0 Å². The van der Waals surface area contributed by atoms with Gasteiger partial charge in [0.2, 0.25) is 0 Å². The molecule has 0 aromatic rings. The Morgan fingerprint density at radius 3 is 1.09 bits per heavy atom. The van der Waals surface area contributed by atoms with Gasteiger partial charge in [-0.05, 0) is 0 Å². The summed E-state index contributed by atoms with van der Waals surface area (Å²) in [4.78, 5) is 37.3. The second-order valence-electron chi connectivity index (χ2n) is 0.976. The van der Waals surface area contributed by atoms with Crippen LogP contribution in [0.15, 0.2) is 0 Å². The zero-order valence-corrected chi connectivity index (χ0v) is 8.00. The molecule has 0 bridgehead atoms. The predicted octanol–water partition coefficient (Wildman–Crippen LogP) is -2.97. The summed E-state index contributed by atoms with van der Waals surface area (Å²) in [6.45, 7) is 0. The average Bonchev–Trinajstić information content (AvgIpc) is 1.14. The van der Waals surface area contributed by atoms with Gasteiger partial charge in [-0.2, -0.15) is 0 Å². The van der Waals surface area contributed by atoms with Gasteiger partial charge < -0.3 is 39.2 Å². The summed E-state index contributed by atoms with van der Waals surface area (Å²) in [5.74, 6) is 0. The molecule has 0 amide bonds. The summed E-state index contributed by atoms with van der Waals surface area (Å²) < 4.78 is 21.2. The molecule has 0 rings (SSSR count). The molecule has 0 spiro atoms. The number of hydrogen-bond donors (Lipinski definition) is 1. The van der Waals surface area contributed by atoms with E-state index in [-0.39, 0.29) is 23.2 Å². The Bertz CT molecular complexity index is 157. The number of phosphoric acid groups is 2. The maximum absolute atomic E-state index is 9.32. The van der Waals surface area contributed by atoms with Crippen LogP contribution < -0.4 is 25.7 Å². The van der Waals surface area contributed by atoms with E-state index < -0.39 is 15.6 Å². The van der Waals surface area contributed by atoms with E-state index in [9.17, 15) is 28.7 Å². The molecular formula is H4FeNO7P2. The van der Waals surface area contributed by atoms with Gasteiger partial charge >= 0.3 is 17.1 Å². The minimum Gasteiger partial charge on any atom is -0.790 e. The quantitative estimate of drug-likeness (QED) is 0.401. The number of hydrogen-bond acceptors (Lipinski definition) is 7. The zero-order valence-electron chi connectivity index (χ0n) is 5.11. The third kappa shape index (κ3) is 18.1. The SMILES string of the molecule is O=P([O-])([O-])OP(=O)([O-])[O-].[Fe+3].[NH4+]. The second kappa shape index (κ2) is 5.40. The first kappa shape index (κ1) is 17.7. The van der Waals surface area contributed by atoms with Crippen LogP contribution in [0.3, 0.4) is 0 Å². The summed E-state index contributed by atoms with van der Waals surface area (Å²) in [5.41, 5.74) is 0. The molecule has 0 heterocycles. The minimum atomic E-state index is -5.68. The van der Waals surface area contributed by atoms with Crippen molar-refractivity contribution in [1.82, 2.24) is 6.15 Å². The van der Waals surface area contributed by atoms with Crippen LogP contribution in [0.2, 0.25) is 0 Å². The van der Waals surface area contributed by atoms with Crippen LogP contribution in [0.25, 0.3) is 0 Å². The van der Waals surface area contributed by atoms with E-state index >= 15 is 0 Å². The minimum absolute atomic E-state index is 0. The maximum atomic E-state index is 9.32. The molecule has 0 saturated heterocycles. The molecule has 0 fully saturated rings. The van der Waals surface area contributed by atoms with Crippen LogP contribution in [0.5, 0.6) is 0 Å². The molecule has 8 nitrogen and oxygen atoms in total. The Hall–Kier alpha value is 0.739. The van der Waals surface area contributed by atoms with Crippen LogP contribution in [0.4, 0.5) is 0 Å². The molecule has 1 radical (unpaired) electrons. The standard InChI is InChI=1S/Fe.H3N.H4O7P2/c;;1-8(2,3)7-9(4,5)6/h;1H3;(H2,1,2,3)(H2,4,5,6)/q+3;;/p-3. The molecule has 0 aliphatic carbocycles. The van der Waals surface area contributed by atoms with E-state index in [4.69, 9.17) is 0 Å². The second-order valence-corrected chi connectivity index (χ2v) is 3.42. The third-order valence-electron chi connectivity index (χ3n) is 0.200. The fraction of sp³-hybridized carbons (Fsp3) is 0. The first-order chi connectivity index (χ1) is 3.71. The molecule has 0 unspecified atom stereocenters. The van der Waals surface area contributed by atoms with Crippen molar-refractivity contribution in [1.29, 1.82) is 0 Å². The summed E-state index contributed by atoms with van der Waals surface area (Å²) in [6.07, 6.45) is 0. The monoisotopic (exact) mass is 248 g/mol. The van der Waals surface area contributed by atoms with Crippen molar-refractivity contribution in [2.75, 3.05) is 0 Å². The van der Waals surface area contributed by atoms with E-state index in [0.717, 1.165) is 0 Å². The molecule has 11 heteroatoms. The fourth-order valence-corrected chi connectivity index (χ4v) is 1.10. The summed E-state index contributed by atoms with van der Waals surface area (Å²) >= 11 is 0. The smallest absolute Gasteiger partial charge is 0.790 e. The van der Waals surface area contributed by atoms with Crippen molar-refractivity contribution in [3.05, 3.63) is 0 Å². The topological polar surface area (TPSA) is 172 Å². The van der Waals surface area contributed by atoms with Gasteiger partial charge in [-0.3, -0.25) is 0 Å². The van der Waals surface area contributed by atoms with Crippen LogP contribution in [-0.2, 0) is 30.5 Å². The predicted molar refractivity (Wildman–Crippen MR) is 22.3 cm³/mol. The van der Waals surface area contributed by atoms with Crippen molar-refractivity contribution in [2.45, 2.75) is 0 Å². The van der Waals surface area contributed by atoms with Crippen LogP contribution >= 0.6 is 15.6 Å². The molecule has 0 aromatic carbocycles. The summed E-state index contributed by atoms with van der Waals surface area (Å²) in [5, 5.41) is 0. The van der Waals surface area contributed by atoms with E-state index in [2.05, 4.69) is 4.31 Å². The van der Waals surface area contributed by atoms with Gasteiger partial charge in [-0.15, -0.1) is 0 Å². The third-order valence-corrected chi connectivity index (χ3v) is 1.80. The fourth-order valence-electron chi connectivity index (χ4n) is 0.122. The van der Waals surface area contributed by atoms with Gasteiger partial charge in [0.1, 0.15) is 0 Å². The number of quaternary nitrogens is 1. The van der Waals surface area contributed by atoms with Crippen molar-refractivity contribution >= 4 is 15.6 Å². The van der Waals surface area contributed by atoms with Gasteiger partial charge in [0, 0.05) is 0 Å². The van der Waals surface area contributed by atoms with Crippen LogP contribution in [0.1, 0.15) is 0 Å². The first-order valence-electron chi connectivity index (χ1n) is 1.46.